The number of carbonyl (C=O) groups is 1. The van der Waals surface area contributed by atoms with Crippen LogP contribution in [0, 0.1) is 6.92 Å². The van der Waals surface area contributed by atoms with Crippen molar-refractivity contribution >= 4 is 17.7 Å². The lowest BCUT2D eigenvalue weighted by Gasteiger charge is -2.23. The molecule has 0 amide bonds. The summed E-state index contributed by atoms with van der Waals surface area (Å²) in [4.78, 5) is 12.4. The van der Waals surface area contributed by atoms with E-state index in [9.17, 15) is 4.79 Å². The summed E-state index contributed by atoms with van der Waals surface area (Å²) in [6.45, 7) is 1.99. The largest absolute Gasteiger partial charge is 0.497 e. The lowest BCUT2D eigenvalue weighted by atomic mass is 9.86. The van der Waals surface area contributed by atoms with Gasteiger partial charge in [-0.05, 0) is 31.0 Å². The molecule has 0 saturated heterocycles. The minimum Gasteiger partial charge on any atom is -0.497 e. The summed E-state index contributed by atoms with van der Waals surface area (Å²) < 4.78 is 5.19. The van der Waals surface area contributed by atoms with Gasteiger partial charge in [-0.1, -0.05) is 24.3 Å². The van der Waals surface area contributed by atoms with Gasteiger partial charge in [-0.2, -0.15) is 5.10 Å². The molecular weight excluding hydrogens is 302 g/mol. The van der Waals surface area contributed by atoms with Crippen molar-refractivity contribution in [3.05, 3.63) is 58.4 Å². The van der Waals surface area contributed by atoms with Gasteiger partial charge in [-0.3, -0.25) is 9.89 Å². The van der Waals surface area contributed by atoms with E-state index in [2.05, 4.69) is 27.7 Å². The van der Waals surface area contributed by atoms with Crippen LogP contribution < -0.4 is 10.1 Å². The Kier molecular flexibility index (Phi) is 3.49. The Hall–Kier alpha value is -2.82. The van der Waals surface area contributed by atoms with Crippen molar-refractivity contribution in [1.82, 2.24) is 10.2 Å². The molecule has 1 aromatic heterocycles. The van der Waals surface area contributed by atoms with Crippen LogP contribution in [0.4, 0.5) is 5.82 Å². The van der Waals surface area contributed by atoms with E-state index >= 15 is 0 Å². The maximum Gasteiger partial charge on any atom is 0.161 e. The summed E-state index contributed by atoms with van der Waals surface area (Å²) in [7, 11) is 1.66. The van der Waals surface area contributed by atoms with Crippen molar-refractivity contribution in [3.8, 4) is 5.75 Å². The van der Waals surface area contributed by atoms with Gasteiger partial charge in [0, 0.05) is 34.9 Å². The average Bonchev–Trinajstić information content (AvgIpc) is 3.16. The summed E-state index contributed by atoms with van der Waals surface area (Å²) in [5.41, 5.74) is 5.03. The van der Waals surface area contributed by atoms with Gasteiger partial charge in [0.05, 0.1) is 7.11 Å². The Bertz CT molecular complexity index is 859. The zero-order valence-corrected chi connectivity index (χ0v) is 13.7. The highest BCUT2D eigenvalue weighted by Gasteiger charge is 2.36. The van der Waals surface area contributed by atoms with E-state index in [-0.39, 0.29) is 11.7 Å². The summed E-state index contributed by atoms with van der Waals surface area (Å²) in [5.74, 6) is 1.85. The number of aromatic amines is 1. The number of hydrogen-bond donors (Lipinski definition) is 2. The number of rotatable bonds is 3. The maximum absolute atomic E-state index is 12.4. The number of allylic oxidation sites excluding steroid dienone is 3. The molecule has 1 atom stereocenters. The molecule has 0 bridgehead atoms. The molecule has 0 saturated carbocycles. The number of ether oxygens (including phenoxy) is 1. The van der Waals surface area contributed by atoms with E-state index in [0.717, 1.165) is 46.1 Å². The highest BCUT2D eigenvalue weighted by Crippen LogP contribution is 2.44. The molecule has 0 fully saturated rings. The first-order valence-electron chi connectivity index (χ1n) is 8.07. The van der Waals surface area contributed by atoms with Gasteiger partial charge in [-0.15, -0.1) is 0 Å². The van der Waals surface area contributed by atoms with E-state index in [1.54, 1.807) is 7.11 Å². The monoisotopic (exact) mass is 321 g/mol. The molecule has 0 spiro atoms. The van der Waals surface area contributed by atoms with Crippen LogP contribution in [-0.4, -0.2) is 23.1 Å². The standard InChI is InChI=1S/C19H19N3O2/c1-11-17-14(8-5-12-3-6-13(24-2)7-4-12)18-15(9-10-16(18)23)20-19(17)22-21-11/h3-8,14H,9-10H2,1-2H3,(H2,20,21,22)/b8-5+. The van der Waals surface area contributed by atoms with E-state index in [0.29, 0.717) is 6.42 Å². The van der Waals surface area contributed by atoms with Gasteiger partial charge in [-0.25, -0.2) is 0 Å². The fourth-order valence-corrected chi connectivity index (χ4v) is 3.48. The Morgan fingerprint density at radius 3 is 2.79 bits per heavy atom. The zero-order chi connectivity index (χ0) is 16.7. The number of nitrogens with one attached hydrogen (secondary N) is 2. The predicted octanol–water partition coefficient (Wildman–Crippen LogP) is 3.57. The molecule has 0 radical (unpaired) electrons. The van der Waals surface area contributed by atoms with Crippen molar-refractivity contribution < 1.29 is 9.53 Å². The molecule has 2 aromatic rings. The first-order chi connectivity index (χ1) is 11.7. The molecule has 2 heterocycles. The number of benzene rings is 1. The number of fused-ring (bicyclic) bond motifs is 1. The fourth-order valence-electron chi connectivity index (χ4n) is 3.48. The number of hydrogen-bond acceptors (Lipinski definition) is 4. The lowest BCUT2D eigenvalue weighted by molar-refractivity contribution is -0.115. The van der Waals surface area contributed by atoms with Gasteiger partial charge in [0.2, 0.25) is 0 Å². The number of anilines is 1. The van der Waals surface area contributed by atoms with Crippen LogP contribution in [0.15, 0.2) is 41.6 Å². The van der Waals surface area contributed by atoms with Gasteiger partial charge in [0.25, 0.3) is 0 Å². The molecule has 24 heavy (non-hydrogen) atoms. The number of carbonyl (C=O) groups excluding carboxylic acids is 1. The third kappa shape index (κ3) is 2.33. The third-order valence-electron chi connectivity index (χ3n) is 4.71. The molecule has 122 valence electrons. The van der Waals surface area contributed by atoms with Crippen LogP contribution in [0.25, 0.3) is 6.08 Å². The van der Waals surface area contributed by atoms with Crippen LogP contribution in [-0.2, 0) is 4.79 Å². The molecule has 4 rings (SSSR count). The molecule has 5 heteroatoms. The summed E-state index contributed by atoms with van der Waals surface area (Å²) in [6.07, 6.45) is 5.51. The van der Waals surface area contributed by atoms with E-state index in [1.807, 2.05) is 31.2 Å². The van der Waals surface area contributed by atoms with Crippen LogP contribution in [0.1, 0.15) is 35.6 Å². The van der Waals surface area contributed by atoms with Gasteiger partial charge < -0.3 is 10.1 Å². The quantitative estimate of drug-likeness (QED) is 0.907. The molecule has 5 nitrogen and oxygen atoms in total. The highest BCUT2D eigenvalue weighted by atomic mass is 16.5. The topological polar surface area (TPSA) is 67.0 Å². The van der Waals surface area contributed by atoms with Crippen molar-refractivity contribution in [1.29, 1.82) is 0 Å². The predicted molar refractivity (Wildman–Crippen MR) is 93.0 cm³/mol. The molecule has 2 aliphatic rings. The number of aromatic nitrogens is 2. The van der Waals surface area contributed by atoms with Crippen molar-refractivity contribution in [3.63, 3.8) is 0 Å². The van der Waals surface area contributed by atoms with Gasteiger partial charge in [0.15, 0.2) is 11.6 Å². The van der Waals surface area contributed by atoms with E-state index in [4.69, 9.17) is 4.74 Å². The molecule has 1 aliphatic heterocycles. The Labute approximate surface area is 140 Å². The minimum absolute atomic E-state index is 0.0490. The number of methoxy groups -OCH3 is 1. The average molecular weight is 321 g/mol. The van der Waals surface area contributed by atoms with Crippen molar-refractivity contribution in [2.75, 3.05) is 12.4 Å². The number of Topliss-reactive ketones (excluding diaryl/α,β-unsaturated/α-hetero) is 1. The third-order valence-corrected chi connectivity index (χ3v) is 4.71. The second-order valence-electron chi connectivity index (χ2n) is 6.16. The number of nitrogens with zero attached hydrogens (tertiary/aromatic N) is 1. The van der Waals surface area contributed by atoms with Gasteiger partial charge >= 0.3 is 0 Å². The first-order valence-corrected chi connectivity index (χ1v) is 8.07. The summed E-state index contributed by atoms with van der Waals surface area (Å²) in [5, 5.41) is 10.7. The Balaban J connectivity index is 1.72. The summed E-state index contributed by atoms with van der Waals surface area (Å²) >= 11 is 0. The first kappa shape index (κ1) is 14.8. The van der Waals surface area contributed by atoms with Crippen LogP contribution in [0.3, 0.4) is 0 Å². The zero-order valence-electron chi connectivity index (χ0n) is 13.7. The summed E-state index contributed by atoms with van der Waals surface area (Å²) in [6, 6.07) is 7.88. The van der Waals surface area contributed by atoms with Crippen molar-refractivity contribution in [2.24, 2.45) is 0 Å². The Morgan fingerprint density at radius 2 is 2.04 bits per heavy atom. The molecular formula is C19H19N3O2. The normalized spacial score (nSPS) is 19.4. The highest BCUT2D eigenvalue weighted by molar-refractivity contribution is 6.02. The Morgan fingerprint density at radius 1 is 1.25 bits per heavy atom. The molecule has 1 aromatic carbocycles. The van der Waals surface area contributed by atoms with Crippen LogP contribution in [0.5, 0.6) is 5.75 Å². The number of ketones is 1. The van der Waals surface area contributed by atoms with Crippen LogP contribution in [0.2, 0.25) is 0 Å². The molecule has 2 N–H and O–H groups in total. The second-order valence-corrected chi connectivity index (χ2v) is 6.16. The maximum atomic E-state index is 12.4. The van der Waals surface area contributed by atoms with Crippen molar-refractivity contribution in [2.45, 2.75) is 25.7 Å². The van der Waals surface area contributed by atoms with Gasteiger partial charge in [0.1, 0.15) is 5.75 Å². The minimum atomic E-state index is -0.0490. The number of aryl methyl sites for hydroxylation is 1. The fraction of sp³-hybridized carbons (Fsp3) is 0.263. The second kappa shape index (κ2) is 5.67. The molecule has 1 aliphatic carbocycles. The number of H-pyrrole nitrogens is 1. The van der Waals surface area contributed by atoms with E-state index < -0.39 is 0 Å². The molecule has 1 unspecified atom stereocenters. The smallest absolute Gasteiger partial charge is 0.161 e. The van der Waals surface area contributed by atoms with E-state index in [1.165, 1.54) is 0 Å². The SMILES string of the molecule is COc1ccc(/C=C/C2C3=C(CCC3=O)Nc3n[nH]c(C)c32)cc1. The van der Waals surface area contributed by atoms with Crippen LogP contribution >= 0.6 is 0 Å². The lowest BCUT2D eigenvalue weighted by Crippen LogP contribution is -2.16.